The molecule has 1 amide bonds. The Balaban J connectivity index is 1.51. The number of aromatic nitrogens is 3. The van der Waals surface area contributed by atoms with Gasteiger partial charge in [-0.15, -0.1) is 22.7 Å². The van der Waals surface area contributed by atoms with E-state index >= 15 is 0 Å². The Bertz CT molecular complexity index is 1080. The Morgan fingerprint density at radius 3 is 2.79 bits per heavy atom. The van der Waals surface area contributed by atoms with Crippen molar-refractivity contribution in [2.45, 2.75) is 26.8 Å². The lowest BCUT2D eigenvalue weighted by atomic mass is 10.2. The summed E-state index contributed by atoms with van der Waals surface area (Å²) >= 11 is 3.00. The molecule has 7 nitrogen and oxygen atoms in total. The average Bonchev–Trinajstić information content (AvgIpc) is 3.13. The van der Waals surface area contributed by atoms with E-state index in [1.165, 1.54) is 22.2 Å². The zero-order valence-electron chi connectivity index (χ0n) is 16.3. The smallest absolute Gasteiger partial charge is 0.264 e. The molecular weight excluding hydrogens is 394 g/mol. The van der Waals surface area contributed by atoms with Gasteiger partial charge in [0, 0.05) is 45.2 Å². The van der Waals surface area contributed by atoms with E-state index in [-0.39, 0.29) is 11.5 Å². The lowest BCUT2D eigenvalue weighted by molar-refractivity contribution is 0.0765. The van der Waals surface area contributed by atoms with Crippen LogP contribution in [0.25, 0.3) is 10.2 Å². The van der Waals surface area contributed by atoms with Crippen molar-refractivity contribution in [1.29, 1.82) is 0 Å². The van der Waals surface area contributed by atoms with Crippen LogP contribution < -0.4 is 5.56 Å². The Morgan fingerprint density at radius 2 is 2.04 bits per heavy atom. The third kappa shape index (κ3) is 3.61. The van der Waals surface area contributed by atoms with Crippen LogP contribution in [0.1, 0.15) is 32.4 Å². The fourth-order valence-electron chi connectivity index (χ4n) is 3.60. The molecule has 1 aliphatic rings. The van der Waals surface area contributed by atoms with E-state index in [1.807, 2.05) is 18.7 Å². The first-order chi connectivity index (χ1) is 13.4. The Morgan fingerprint density at radius 1 is 1.21 bits per heavy atom. The molecule has 0 bridgehead atoms. The van der Waals surface area contributed by atoms with Gasteiger partial charge in [0.05, 0.1) is 27.3 Å². The van der Waals surface area contributed by atoms with E-state index in [4.69, 9.17) is 0 Å². The molecule has 1 saturated heterocycles. The number of fused-ring (bicyclic) bond motifs is 1. The van der Waals surface area contributed by atoms with Gasteiger partial charge in [0.2, 0.25) is 0 Å². The number of hydrogen-bond acceptors (Lipinski definition) is 7. The molecule has 0 aliphatic carbocycles. The van der Waals surface area contributed by atoms with E-state index in [0.29, 0.717) is 21.6 Å². The Labute approximate surface area is 171 Å². The predicted octanol–water partition coefficient (Wildman–Crippen LogP) is 2.42. The molecule has 0 spiro atoms. The number of thiazole rings is 1. The molecule has 4 rings (SSSR count). The van der Waals surface area contributed by atoms with Crippen molar-refractivity contribution in [1.82, 2.24) is 24.3 Å². The van der Waals surface area contributed by atoms with E-state index in [9.17, 15) is 9.59 Å². The van der Waals surface area contributed by atoms with Gasteiger partial charge < -0.3 is 9.47 Å². The van der Waals surface area contributed by atoms with E-state index in [1.54, 1.807) is 18.4 Å². The van der Waals surface area contributed by atoms with E-state index in [2.05, 4.69) is 20.2 Å². The number of nitrogens with zero attached hydrogens (tertiary/aromatic N) is 5. The predicted molar refractivity (Wildman–Crippen MR) is 112 cm³/mol. The highest BCUT2D eigenvalue weighted by Gasteiger charge is 2.25. The zero-order chi connectivity index (χ0) is 19.8. The van der Waals surface area contributed by atoms with Gasteiger partial charge in [-0.1, -0.05) is 0 Å². The number of thiophene rings is 1. The lowest BCUT2D eigenvalue weighted by Gasteiger charge is -2.21. The van der Waals surface area contributed by atoms with Crippen LogP contribution in [0.5, 0.6) is 0 Å². The summed E-state index contributed by atoms with van der Waals surface area (Å²) in [6.07, 6.45) is 2.44. The fraction of sp³-hybridized carbons (Fsp3) is 0.474. The van der Waals surface area contributed by atoms with Gasteiger partial charge in [0.25, 0.3) is 11.5 Å². The van der Waals surface area contributed by atoms with Crippen LogP contribution in [0.4, 0.5) is 0 Å². The molecular formula is C19H23N5O2S2. The van der Waals surface area contributed by atoms with Crippen molar-refractivity contribution in [2.75, 3.05) is 26.2 Å². The van der Waals surface area contributed by atoms with Crippen LogP contribution in [0.15, 0.2) is 16.5 Å². The first-order valence-corrected chi connectivity index (χ1v) is 11.0. The van der Waals surface area contributed by atoms with Gasteiger partial charge in [-0.3, -0.25) is 14.5 Å². The summed E-state index contributed by atoms with van der Waals surface area (Å²) in [5.41, 5.74) is 1.75. The van der Waals surface area contributed by atoms with Crippen LogP contribution >= 0.6 is 22.7 Å². The summed E-state index contributed by atoms with van der Waals surface area (Å²) in [7, 11) is 1.68. The van der Waals surface area contributed by atoms with Crippen LogP contribution in [-0.4, -0.2) is 56.4 Å². The molecule has 28 heavy (non-hydrogen) atoms. The Hall–Kier alpha value is -2.10. The van der Waals surface area contributed by atoms with Crippen LogP contribution in [0.2, 0.25) is 0 Å². The molecule has 3 aromatic heterocycles. The molecule has 0 unspecified atom stereocenters. The van der Waals surface area contributed by atoms with Crippen molar-refractivity contribution in [3.05, 3.63) is 43.2 Å². The van der Waals surface area contributed by atoms with Crippen molar-refractivity contribution in [2.24, 2.45) is 7.05 Å². The maximum absolute atomic E-state index is 13.2. The zero-order valence-corrected chi connectivity index (χ0v) is 17.9. The quantitative estimate of drug-likeness (QED) is 0.655. The monoisotopic (exact) mass is 417 g/mol. The van der Waals surface area contributed by atoms with Crippen molar-refractivity contribution in [3.8, 4) is 0 Å². The standard InChI is InChI=1S/C19H23N5O2S2/c1-12-15-17(20-11-22(3)18(15)25)28-16(12)19(26)24-6-4-5-23(7-8-24)9-14-10-27-13(2)21-14/h10-11H,4-9H2,1-3H3. The molecule has 148 valence electrons. The molecule has 4 heterocycles. The number of hydrogen-bond donors (Lipinski definition) is 0. The maximum atomic E-state index is 13.2. The third-order valence-electron chi connectivity index (χ3n) is 5.13. The highest BCUT2D eigenvalue weighted by Crippen LogP contribution is 2.28. The molecule has 0 atom stereocenters. The molecule has 1 fully saturated rings. The van der Waals surface area contributed by atoms with E-state index < -0.39 is 0 Å². The van der Waals surface area contributed by atoms with Gasteiger partial charge in [-0.2, -0.15) is 0 Å². The minimum absolute atomic E-state index is 0.00825. The summed E-state index contributed by atoms with van der Waals surface area (Å²) in [4.78, 5) is 40.0. The number of carbonyl (C=O) groups is 1. The van der Waals surface area contributed by atoms with Gasteiger partial charge in [-0.25, -0.2) is 9.97 Å². The van der Waals surface area contributed by atoms with Crippen LogP contribution in [-0.2, 0) is 13.6 Å². The third-order valence-corrected chi connectivity index (χ3v) is 7.14. The molecule has 9 heteroatoms. The summed E-state index contributed by atoms with van der Waals surface area (Å²) in [6, 6.07) is 0. The van der Waals surface area contributed by atoms with Crippen molar-refractivity contribution in [3.63, 3.8) is 0 Å². The summed E-state index contributed by atoms with van der Waals surface area (Å²) in [5.74, 6) is 0.00825. The topological polar surface area (TPSA) is 71.3 Å². The largest absolute Gasteiger partial charge is 0.337 e. The molecule has 0 radical (unpaired) electrons. The fourth-order valence-corrected chi connectivity index (χ4v) is 5.31. The first-order valence-electron chi connectivity index (χ1n) is 9.31. The van der Waals surface area contributed by atoms with Crippen LogP contribution in [0, 0.1) is 13.8 Å². The maximum Gasteiger partial charge on any atom is 0.264 e. The molecule has 0 N–H and O–H groups in total. The average molecular weight is 418 g/mol. The highest BCUT2D eigenvalue weighted by atomic mass is 32.1. The number of aryl methyl sites for hydroxylation is 3. The summed E-state index contributed by atoms with van der Waals surface area (Å²) in [5, 5.41) is 3.76. The van der Waals surface area contributed by atoms with Crippen LogP contribution in [0.3, 0.4) is 0 Å². The van der Waals surface area contributed by atoms with Crippen molar-refractivity contribution < 1.29 is 4.79 Å². The lowest BCUT2D eigenvalue weighted by Crippen LogP contribution is -2.35. The van der Waals surface area contributed by atoms with Crippen molar-refractivity contribution >= 4 is 38.8 Å². The minimum atomic E-state index is -0.0987. The van der Waals surface area contributed by atoms with Gasteiger partial charge in [0.1, 0.15) is 4.83 Å². The summed E-state index contributed by atoms with van der Waals surface area (Å²) < 4.78 is 1.46. The molecule has 0 aromatic carbocycles. The SMILES string of the molecule is Cc1nc(CN2CCCN(C(=O)c3sc4ncn(C)c(=O)c4c3C)CC2)cs1. The number of rotatable bonds is 3. The normalized spacial score (nSPS) is 15.9. The molecule has 0 saturated carbocycles. The molecule has 1 aliphatic heterocycles. The highest BCUT2D eigenvalue weighted by molar-refractivity contribution is 7.20. The second-order valence-corrected chi connectivity index (χ2v) is 9.24. The number of amides is 1. The number of carbonyl (C=O) groups excluding carboxylic acids is 1. The Kier molecular flexibility index (Phi) is 5.31. The molecule has 3 aromatic rings. The first kappa shape index (κ1) is 19.2. The van der Waals surface area contributed by atoms with Gasteiger partial charge in [0.15, 0.2) is 0 Å². The van der Waals surface area contributed by atoms with Gasteiger partial charge >= 0.3 is 0 Å². The second-order valence-electron chi connectivity index (χ2n) is 7.18. The van der Waals surface area contributed by atoms with Gasteiger partial charge in [-0.05, 0) is 25.8 Å². The van der Waals surface area contributed by atoms with E-state index in [0.717, 1.165) is 48.9 Å². The minimum Gasteiger partial charge on any atom is -0.337 e. The second kappa shape index (κ2) is 7.73. The summed E-state index contributed by atoms with van der Waals surface area (Å²) in [6.45, 7) is 7.89.